The molecule has 0 spiro atoms. The smallest absolute Gasteiger partial charge is 0.372 e. The summed E-state index contributed by atoms with van der Waals surface area (Å²) in [6.07, 6.45) is -2.61. The fourth-order valence-corrected chi connectivity index (χ4v) is 1.41. The van der Waals surface area contributed by atoms with E-state index >= 15 is 0 Å². The van der Waals surface area contributed by atoms with E-state index in [2.05, 4.69) is 4.98 Å². The van der Waals surface area contributed by atoms with Gasteiger partial charge in [-0.1, -0.05) is 0 Å². The van der Waals surface area contributed by atoms with Crippen molar-refractivity contribution in [3.8, 4) is 0 Å². The molecule has 1 aromatic rings. The van der Waals surface area contributed by atoms with E-state index < -0.39 is 25.3 Å². The van der Waals surface area contributed by atoms with Gasteiger partial charge in [0.2, 0.25) is 0 Å². The highest BCUT2D eigenvalue weighted by Gasteiger charge is 2.28. The van der Waals surface area contributed by atoms with Gasteiger partial charge in [-0.05, 0) is 24.6 Å². The maximum absolute atomic E-state index is 12.0. The molecule has 2 unspecified atom stereocenters. The van der Waals surface area contributed by atoms with Crippen LogP contribution < -0.4 is 5.73 Å². The van der Waals surface area contributed by atoms with Crippen LogP contribution in [0.4, 0.5) is 13.2 Å². The van der Waals surface area contributed by atoms with Gasteiger partial charge < -0.3 is 10.5 Å². The third-order valence-corrected chi connectivity index (χ3v) is 2.20. The zero-order valence-corrected chi connectivity index (χ0v) is 9.45. The lowest BCUT2D eigenvalue weighted by molar-refractivity contribution is -0.150. The highest BCUT2D eigenvalue weighted by atomic mass is 19.4. The molecule has 0 aliphatic rings. The molecule has 3 nitrogen and oxygen atoms in total. The maximum Gasteiger partial charge on any atom is 0.391 e. The van der Waals surface area contributed by atoms with Crippen molar-refractivity contribution in [3.05, 3.63) is 30.1 Å². The van der Waals surface area contributed by atoms with Gasteiger partial charge in [-0.15, -0.1) is 0 Å². The zero-order chi connectivity index (χ0) is 12.9. The molecule has 0 aromatic carbocycles. The number of alkyl halides is 3. The number of hydrogen-bond donors (Lipinski definition) is 1. The molecule has 1 aromatic heterocycles. The largest absolute Gasteiger partial charge is 0.391 e. The minimum Gasteiger partial charge on any atom is -0.372 e. The average Bonchev–Trinajstić information content (AvgIpc) is 2.23. The molecular formula is C11H15F3N2O. The van der Waals surface area contributed by atoms with Crippen molar-refractivity contribution in [1.82, 2.24) is 4.98 Å². The molecule has 0 saturated carbocycles. The zero-order valence-electron chi connectivity index (χ0n) is 9.45. The summed E-state index contributed by atoms with van der Waals surface area (Å²) in [6.45, 7) is 1.30. The van der Waals surface area contributed by atoms with Gasteiger partial charge >= 0.3 is 6.18 Å². The van der Waals surface area contributed by atoms with Crippen LogP contribution in [0.5, 0.6) is 0 Å². The van der Waals surface area contributed by atoms with E-state index in [1.165, 1.54) is 0 Å². The number of aromatic nitrogens is 1. The van der Waals surface area contributed by atoms with E-state index in [-0.39, 0.29) is 6.04 Å². The third kappa shape index (κ3) is 5.14. The lowest BCUT2D eigenvalue weighted by Crippen LogP contribution is -2.28. The number of nitrogens with two attached hydrogens (primary N) is 1. The van der Waals surface area contributed by atoms with Crippen LogP contribution in [0.2, 0.25) is 0 Å². The molecule has 1 rings (SSSR count). The molecular weight excluding hydrogens is 233 g/mol. The molecule has 0 bridgehead atoms. The van der Waals surface area contributed by atoms with Gasteiger partial charge in [-0.2, -0.15) is 13.2 Å². The monoisotopic (exact) mass is 248 g/mol. The normalized spacial score (nSPS) is 15.6. The van der Waals surface area contributed by atoms with Gasteiger partial charge in [0, 0.05) is 18.4 Å². The second-order valence-electron chi connectivity index (χ2n) is 3.80. The highest BCUT2D eigenvalue weighted by Crippen LogP contribution is 2.23. The number of hydrogen-bond acceptors (Lipinski definition) is 3. The van der Waals surface area contributed by atoms with Crippen LogP contribution in [0.1, 0.15) is 25.0 Å². The van der Waals surface area contributed by atoms with Gasteiger partial charge in [0.15, 0.2) is 0 Å². The molecule has 6 heteroatoms. The number of ether oxygens (including phenoxy) is 1. The first-order valence-electron chi connectivity index (χ1n) is 5.24. The van der Waals surface area contributed by atoms with Crippen LogP contribution in [0.25, 0.3) is 0 Å². The molecule has 0 fully saturated rings. The average molecular weight is 248 g/mol. The summed E-state index contributed by atoms with van der Waals surface area (Å²) >= 11 is 0. The molecule has 1 heterocycles. The standard InChI is InChI=1S/C11H15F3N2O/c1-8(15)10(9-2-5-16-6-3-9)17-7-4-11(12,13)14/h2-3,5-6,8,10H,4,7,15H2,1H3. The number of nitrogens with zero attached hydrogens (tertiary/aromatic N) is 1. The predicted molar refractivity (Wildman–Crippen MR) is 57.3 cm³/mol. The molecule has 2 N–H and O–H groups in total. The van der Waals surface area contributed by atoms with E-state index in [9.17, 15) is 13.2 Å². The van der Waals surface area contributed by atoms with E-state index in [0.717, 1.165) is 5.56 Å². The third-order valence-electron chi connectivity index (χ3n) is 2.20. The van der Waals surface area contributed by atoms with Crippen molar-refractivity contribution in [2.24, 2.45) is 5.73 Å². The van der Waals surface area contributed by atoms with E-state index in [1.807, 2.05) is 0 Å². The van der Waals surface area contributed by atoms with Crippen LogP contribution in [0.3, 0.4) is 0 Å². The van der Waals surface area contributed by atoms with Gasteiger partial charge in [-0.3, -0.25) is 4.98 Å². The molecule has 0 radical (unpaired) electrons. The highest BCUT2D eigenvalue weighted by molar-refractivity contribution is 5.14. The predicted octanol–water partition coefficient (Wildman–Crippen LogP) is 2.44. The lowest BCUT2D eigenvalue weighted by atomic mass is 10.1. The van der Waals surface area contributed by atoms with E-state index in [1.54, 1.807) is 31.5 Å². The Morgan fingerprint density at radius 1 is 1.35 bits per heavy atom. The Hall–Kier alpha value is -1.14. The second kappa shape index (κ2) is 5.97. The Kier molecular flexibility index (Phi) is 4.89. The molecule has 17 heavy (non-hydrogen) atoms. The summed E-state index contributed by atoms with van der Waals surface area (Å²) in [4.78, 5) is 3.83. The summed E-state index contributed by atoms with van der Waals surface area (Å²) < 4.78 is 41.2. The van der Waals surface area contributed by atoms with Gasteiger partial charge in [-0.25, -0.2) is 0 Å². The van der Waals surface area contributed by atoms with Crippen molar-refractivity contribution in [2.45, 2.75) is 31.7 Å². The fourth-order valence-electron chi connectivity index (χ4n) is 1.41. The maximum atomic E-state index is 12.0. The van der Waals surface area contributed by atoms with Crippen molar-refractivity contribution < 1.29 is 17.9 Å². The van der Waals surface area contributed by atoms with Crippen molar-refractivity contribution in [1.29, 1.82) is 0 Å². The summed E-state index contributed by atoms with van der Waals surface area (Å²) in [5.41, 5.74) is 6.43. The summed E-state index contributed by atoms with van der Waals surface area (Å²) in [7, 11) is 0. The molecule has 0 amide bonds. The lowest BCUT2D eigenvalue weighted by Gasteiger charge is -2.22. The molecule has 0 aliphatic heterocycles. The number of halogens is 3. The Labute approximate surface area is 97.8 Å². The van der Waals surface area contributed by atoms with Crippen LogP contribution in [0, 0.1) is 0 Å². The SMILES string of the molecule is CC(N)C(OCCC(F)(F)F)c1ccncc1. The van der Waals surface area contributed by atoms with E-state index in [0.29, 0.717) is 0 Å². The van der Waals surface area contributed by atoms with Gasteiger partial charge in [0.05, 0.1) is 19.1 Å². The van der Waals surface area contributed by atoms with Gasteiger partial charge in [0.25, 0.3) is 0 Å². The van der Waals surface area contributed by atoms with Gasteiger partial charge in [0.1, 0.15) is 0 Å². The Morgan fingerprint density at radius 2 is 1.94 bits per heavy atom. The molecule has 96 valence electrons. The Morgan fingerprint density at radius 3 is 2.41 bits per heavy atom. The first kappa shape index (κ1) is 13.9. The summed E-state index contributed by atoms with van der Waals surface area (Å²) in [5.74, 6) is 0. The van der Waals surface area contributed by atoms with Crippen LogP contribution >= 0.6 is 0 Å². The second-order valence-corrected chi connectivity index (χ2v) is 3.80. The topological polar surface area (TPSA) is 48.1 Å². The summed E-state index contributed by atoms with van der Waals surface area (Å²) in [6, 6.07) is 2.98. The van der Waals surface area contributed by atoms with Crippen LogP contribution in [-0.2, 0) is 4.74 Å². The van der Waals surface area contributed by atoms with E-state index in [4.69, 9.17) is 10.5 Å². The minimum atomic E-state index is -4.21. The summed E-state index contributed by atoms with van der Waals surface area (Å²) in [5, 5.41) is 0. The quantitative estimate of drug-likeness (QED) is 0.870. The Bertz CT molecular complexity index is 327. The fraction of sp³-hybridized carbons (Fsp3) is 0.545. The molecule has 0 saturated heterocycles. The van der Waals surface area contributed by atoms with Crippen molar-refractivity contribution >= 4 is 0 Å². The Balaban J connectivity index is 2.57. The molecule has 2 atom stereocenters. The number of rotatable bonds is 5. The van der Waals surface area contributed by atoms with Crippen molar-refractivity contribution in [2.75, 3.05) is 6.61 Å². The van der Waals surface area contributed by atoms with Crippen LogP contribution in [-0.4, -0.2) is 23.8 Å². The van der Waals surface area contributed by atoms with Crippen LogP contribution in [0.15, 0.2) is 24.5 Å². The first-order valence-corrected chi connectivity index (χ1v) is 5.24. The first-order chi connectivity index (χ1) is 7.90. The molecule has 0 aliphatic carbocycles. The minimum absolute atomic E-state index is 0.384. The van der Waals surface area contributed by atoms with Crippen molar-refractivity contribution in [3.63, 3.8) is 0 Å². The number of pyridine rings is 1.